The Labute approximate surface area is 135 Å². The lowest BCUT2D eigenvalue weighted by atomic mass is 10.0. The van der Waals surface area contributed by atoms with Crippen LogP contribution in [0.25, 0.3) is 5.57 Å². The average molecular weight is 305 g/mol. The van der Waals surface area contributed by atoms with Gasteiger partial charge in [-0.3, -0.25) is 4.79 Å². The maximum Gasteiger partial charge on any atom is 0.219 e. The predicted octanol–water partition coefficient (Wildman–Crippen LogP) is 1.68. The number of piperazine rings is 1. The predicted molar refractivity (Wildman–Crippen MR) is 84.7 cm³/mol. The molecule has 1 saturated heterocycles. The number of benzene rings is 1. The second-order valence-electron chi connectivity index (χ2n) is 5.13. The quantitative estimate of drug-likeness (QED) is 0.775. The van der Waals surface area contributed by atoms with E-state index in [1.807, 2.05) is 23.1 Å². The van der Waals surface area contributed by atoms with Crippen LogP contribution in [0.5, 0.6) is 0 Å². The Morgan fingerprint density at radius 3 is 1.96 bits per heavy atom. The first-order valence-electron chi connectivity index (χ1n) is 7.16. The number of nitriles is 3. The van der Waals surface area contributed by atoms with Gasteiger partial charge in [0.05, 0.1) is 5.57 Å². The van der Waals surface area contributed by atoms with E-state index < -0.39 is 0 Å². The number of rotatable bonds is 2. The van der Waals surface area contributed by atoms with Crippen molar-refractivity contribution >= 4 is 17.2 Å². The fourth-order valence-corrected chi connectivity index (χ4v) is 2.52. The van der Waals surface area contributed by atoms with Crippen molar-refractivity contribution in [2.24, 2.45) is 0 Å². The van der Waals surface area contributed by atoms with Crippen LogP contribution in [0.1, 0.15) is 12.5 Å². The molecule has 1 aliphatic rings. The van der Waals surface area contributed by atoms with Gasteiger partial charge in [0.25, 0.3) is 0 Å². The van der Waals surface area contributed by atoms with Gasteiger partial charge in [0, 0.05) is 38.8 Å². The Morgan fingerprint density at radius 1 is 0.957 bits per heavy atom. The molecule has 1 amide bonds. The normalized spacial score (nSPS) is 13.5. The van der Waals surface area contributed by atoms with Crippen molar-refractivity contribution in [3.63, 3.8) is 0 Å². The Balaban J connectivity index is 2.17. The van der Waals surface area contributed by atoms with E-state index in [2.05, 4.69) is 4.90 Å². The highest BCUT2D eigenvalue weighted by Crippen LogP contribution is 2.22. The van der Waals surface area contributed by atoms with Gasteiger partial charge in [-0.2, -0.15) is 15.8 Å². The number of anilines is 1. The van der Waals surface area contributed by atoms with Crippen LogP contribution in [-0.4, -0.2) is 37.0 Å². The van der Waals surface area contributed by atoms with Crippen LogP contribution < -0.4 is 4.90 Å². The summed E-state index contributed by atoms with van der Waals surface area (Å²) in [5, 5.41) is 26.9. The molecule has 0 unspecified atom stereocenters. The van der Waals surface area contributed by atoms with Gasteiger partial charge in [0.1, 0.15) is 23.8 Å². The third-order valence-corrected chi connectivity index (χ3v) is 3.83. The first kappa shape index (κ1) is 16.1. The van der Waals surface area contributed by atoms with Crippen LogP contribution in [0.15, 0.2) is 29.8 Å². The summed E-state index contributed by atoms with van der Waals surface area (Å²) in [7, 11) is 0. The molecule has 1 fully saturated rings. The molecule has 0 aromatic heterocycles. The summed E-state index contributed by atoms with van der Waals surface area (Å²) in [6.45, 7) is 4.45. The maximum absolute atomic E-state index is 11.3. The number of hydrogen-bond donors (Lipinski definition) is 0. The van der Waals surface area contributed by atoms with E-state index in [0.717, 1.165) is 18.8 Å². The molecular weight excluding hydrogens is 290 g/mol. The molecule has 1 aromatic carbocycles. The highest BCUT2D eigenvalue weighted by molar-refractivity contribution is 5.84. The second-order valence-corrected chi connectivity index (χ2v) is 5.13. The summed E-state index contributed by atoms with van der Waals surface area (Å²) in [6, 6.07) is 12.6. The van der Waals surface area contributed by atoms with E-state index in [1.54, 1.807) is 31.2 Å². The smallest absolute Gasteiger partial charge is 0.219 e. The van der Waals surface area contributed by atoms with Crippen molar-refractivity contribution < 1.29 is 4.79 Å². The molecule has 6 nitrogen and oxygen atoms in total. The van der Waals surface area contributed by atoms with Crippen molar-refractivity contribution in [2.75, 3.05) is 31.1 Å². The van der Waals surface area contributed by atoms with Gasteiger partial charge in [-0.05, 0) is 17.7 Å². The lowest BCUT2D eigenvalue weighted by Crippen LogP contribution is -2.48. The van der Waals surface area contributed by atoms with Gasteiger partial charge < -0.3 is 9.80 Å². The van der Waals surface area contributed by atoms with E-state index in [4.69, 9.17) is 15.8 Å². The molecule has 2 rings (SSSR count). The van der Waals surface area contributed by atoms with E-state index in [-0.39, 0.29) is 17.1 Å². The van der Waals surface area contributed by atoms with E-state index >= 15 is 0 Å². The van der Waals surface area contributed by atoms with E-state index in [0.29, 0.717) is 18.7 Å². The minimum absolute atomic E-state index is 0.0861. The van der Waals surface area contributed by atoms with Crippen molar-refractivity contribution in [1.29, 1.82) is 15.8 Å². The Bertz CT molecular complexity index is 734. The van der Waals surface area contributed by atoms with Crippen LogP contribution >= 0.6 is 0 Å². The molecule has 1 heterocycles. The number of carbonyl (C=O) groups is 1. The third-order valence-electron chi connectivity index (χ3n) is 3.83. The van der Waals surface area contributed by atoms with Crippen LogP contribution in [0, 0.1) is 34.0 Å². The van der Waals surface area contributed by atoms with Crippen LogP contribution in [0.2, 0.25) is 0 Å². The van der Waals surface area contributed by atoms with Gasteiger partial charge in [-0.15, -0.1) is 0 Å². The van der Waals surface area contributed by atoms with Gasteiger partial charge >= 0.3 is 0 Å². The Hall–Kier alpha value is -3.30. The fourth-order valence-electron chi connectivity index (χ4n) is 2.52. The standard InChI is InChI=1S/C17H15N5O/c1-13(23)21-6-8-22(9-7-21)16-4-2-14(3-5-16)17(12-20)15(10-18)11-19/h2-5H,6-9H2,1H3. The molecule has 0 bridgehead atoms. The molecule has 0 N–H and O–H groups in total. The monoisotopic (exact) mass is 305 g/mol. The molecule has 0 saturated carbocycles. The molecule has 0 spiro atoms. The number of amides is 1. The molecule has 23 heavy (non-hydrogen) atoms. The molecular formula is C17H15N5O. The molecule has 0 aliphatic carbocycles. The van der Waals surface area contributed by atoms with Gasteiger partial charge in [0.2, 0.25) is 5.91 Å². The van der Waals surface area contributed by atoms with Crippen molar-refractivity contribution in [1.82, 2.24) is 4.90 Å². The molecule has 114 valence electrons. The lowest BCUT2D eigenvalue weighted by molar-refractivity contribution is -0.129. The second kappa shape index (κ2) is 7.11. The average Bonchev–Trinajstić information content (AvgIpc) is 2.60. The highest BCUT2D eigenvalue weighted by Gasteiger charge is 2.19. The molecule has 0 radical (unpaired) electrons. The SMILES string of the molecule is CC(=O)N1CCN(c2ccc(C(C#N)=C(C#N)C#N)cc2)CC1. The number of carbonyl (C=O) groups excluding carboxylic acids is 1. The van der Waals surface area contributed by atoms with Crippen molar-refractivity contribution in [2.45, 2.75) is 6.92 Å². The minimum Gasteiger partial charge on any atom is -0.368 e. The Morgan fingerprint density at radius 2 is 1.52 bits per heavy atom. The summed E-state index contributed by atoms with van der Waals surface area (Å²) in [6.07, 6.45) is 0. The van der Waals surface area contributed by atoms with Gasteiger partial charge in [0.15, 0.2) is 0 Å². The van der Waals surface area contributed by atoms with Gasteiger partial charge in [-0.1, -0.05) is 12.1 Å². The molecule has 0 atom stereocenters. The topological polar surface area (TPSA) is 94.9 Å². The van der Waals surface area contributed by atoms with Gasteiger partial charge in [-0.25, -0.2) is 0 Å². The summed E-state index contributed by atoms with van der Waals surface area (Å²) in [5.41, 5.74) is 1.44. The lowest BCUT2D eigenvalue weighted by Gasteiger charge is -2.35. The highest BCUT2D eigenvalue weighted by atomic mass is 16.2. The zero-order chi connectivity index (χ0) is 16.8. The van der Waals surface area contributed by atoms with Crippen LogP contribution in [0.4, 0.5) is 5.69 Å². The van der Waals surface area contributed by atoms with E-state index in [9.17, 15) is 4.79 Å². The first-order valence-corrected chi connectivity index (χ1v) is 7.16. The zero-order valence-corrected chi connectivity index (χ0v) is 12.8. The fraction of sp³-hybridized carbons (Fsp3) is 0.294. The van der Waals surface area contributed by atoms with Crippen molar-refractivity contribution in [3.8, 4) is 18.2 Å². The zero-order valence-electron chi connectivity index (χ0n) is 12.8. The number of hydrogen-bond acceptors (Lipinski definition) is 5. The summed E-state index contributed by atoms with van der Waals surface area (Å²) in [5.74, 6) is 0.0873. The van der Waals surface area contributed by atoms with Crippen LogP contribution in [-0.2, 0) is 4.79 Å². The summed E-state index contributed by atoms with van der Waals surface area (Å²) >= 11 is 0. The largest absolute Gasteiger partial charge is 0.368 e. The molecule has 1 aromatic rings. The third kappa shape index (κ3) is 3.48. The molecule has 6 heteroatoms. The molecule has 1 aliphatic heterocycles. The van der Waals surface area contributed by atoms with Crippen LogP contribution in [0.3, 0.4) is 0 Å². The minimum atomic E-state index is -0.185. The van der Waals surface area contributed by atoms with E-state index in [1.165, 1.54) is 0 Å². The Kier molecular flexibility index (Phi) is 4.97. The summed E-state index contributed by atoms with van der Waals surface area (Å²) in [4.78, 5) is 15.3. The number of nitrogens with zero attached hydrogens (tertiary/aromatic N) is 5. The summed E-state index contributed by atoms with van der Waals surface area (Å²) < 4.78 is 0. The first-order chi connectivity index (χ1) is 11.1. The maximum atomic E-state index is 11.3. The van der Waals surface area contributed by atoms with Crippen molar-refractivity contribution in [3.05, 3.63) is 35.4 Å². The number of allylic oxidation sites excluding steroid dienone is 2.